The van der Waals surface area contributed by atoms with Crippen LogP contribution in [0.25, 0.3) is 0 Å². The molecule has 0 N–H and O–H groups in total. The van der Waals surface area contributed by atoms with Crippen LogP contribution in [-0.4, -0.2) is 9.97 Å². The van der Waals surface area contributed by atoms with E-state index < -0.39 is 0 Å². The number of aromatic nitrogens is 2. The van der Waals surface area contributed by atoms with Gasteiger partial charge in [0.15, 0.2) is 0 Å². The molecule has 0 saturated carbocycles. The van der Waals surface area contributed by atoms with Gasteiger partial charge in [-0.15, -0.1) is 0 Å². The summed E-state index contributed by atoms with van der Waals surface area (Å²) >= 11 is 0. The van der Waals surface area contributed by atoms with Crippen molar-refractivity contribution >= 4 is 0 Å². The van der Waals surface area contributed by atoms with Crippen molar-refractivity contribution in [1.82, 2.24) is 9.97 Å². The Morgan fingerprint density at radius 1 is 0.875 bits per heavy atom. The summed E-state index contributed by atoms with van der Waals surface area (Å²) in [6.07, 6.45) is 2.95. The molecule has 0 radical (unpaired) electrons. The third-order valence-corrected chi connectivity index (χ3v) is 2.85. The fourth-order valence-corrected chi connectivity index (χ4v) is 2.02. The molecule has 0 amide bonds. The Morgan fingerprint density at radius 3 is 1.88 bits per heavy atom. The average molecular weight is 220 g/mol. The maximum absolute atomic E-state index is 4.73. The Balaban J connectivity index is 3.43. The number of hydrogen-bond donors (Lipinski definition) is 0. The van der Waals surface area contributed by atoms with Crippen LogP contribution in [0, 0.1) is 0 Å². The van der Waals surface area contributed by atoms with Crippen molar-refractivity contribution in [2.75, 3.05) is 0 Å². The largest absolute Gasteiger partial charge is 0.238 e. The predicted molar refractivity (Wildman–Crippen MR) is 68.9 cm³/mol. The van der Waals surface area contributed by atoms with Crippen LogP contribution < -0.4 is 0 Å². The molecule has 1 aromatic heterocycles. The predicted octanol–water partition coefficient (Wildman–Crippen LogP) is 3.46. The Hall–Kier alpha value is -0.920. The summed E-state index contributed by atoms with van der Waals surface area (Å²) in [5.41, 5.74) is 3.94. The second-order valence-electron chi connectivity index (χ2n) is 5.22. The van der Waals surface area contributed by atoms with Crippen LogP contribution in [-0.2, 0) is 24.7 Å². The topological polar surface area (TPSA) is 25.8 Å². The maximum Gasteiger partial charge on any atom is 0.128 e. The van der Waals surface area contributed by atoms with Crippen molar-refractivity contribution in [2.24, 2.45) is 0 Å². The molecular weight excluding hydrogens is 196 g/mol. The van der Waals surface area contributed by atoms with Crippen LogP contribution in [0.4, 0.5) is 0 Å². The molecule has 0 saturated heterocycles. The minimum absolute atomic E-state index is 0.113. The summed E-state index contributed by atoms with van der Waals surface area (Å²) in [5, 5.41) is 0. The van der Waals surface area contributed by atoms with E-state index in [1.807, 2.05) is 0 Å². The van der Waals surface area contributed by atoms with Crippen molar-refractivity contribution < 1.29 is 0 Å². The molecule has 0 aliphatic rings. The van der Waals surface area contributed by atoms with E-state index in [1.54, 1.807) is 0 Å². The van der Waals surface area contributed by atoms with Gasteiger partial charge in [-0.1, -0.05) is 41.5 Å². The van der Waals surface area contributed by atoms with E-state index in [-0.39, 0.29) is 5.41 Å². The van der Waals surface area contributed by atoms with Gasteiger partial charge in [-0.05, 0) is 18.4 Å². The van der Waals surface area contributed by atoms with Crippen molar-refractivity contribution in [3.63, 3.8) is 0 Å². The molecular formula is C14H24N2. The summed E-state index contributed by atoms with van der Waals surface area (Å²) in [6, 6.07) is 0. The third kappa shape index (κ3) is 2.60. The van der Waals surface area contributed by atoms with Gasteiger partial charge in [0.05, 0.1) is 5.69 Å². The highest BCUT2D eigenvalue weighted by Crippen LogP contribution is 2.26. The molecule has 1 aromatic rings. The molecule has 90 valence electrons. The zero-order chi connectivity index (χ0) is 12.3. The lowest BCUT2D eigenvalue weighted by Crippen LogP contribution is -2.20. The SMILES string of the molecule is CCc1nc(CC)c(CC)c(C(C)(C)C)n1. The molecule has 2 nitrogen and oxygen atoms in total. The maximum atomic E-state index is 4.73. The fraction of sp³-hybridized carbons (Fsp3) is 0.714. The van der Waals surface area contributed by atoms with E-state index in [1.165, 1.54) is 17.0 Å². The highest BCUT2D eigenvalue weighted by Gasteiger charge is 2.22. The van der Waals surface area contributed by atoms with Gasteiger partial charge in [-0.25, -0.2) is 9.97 Å². The monoisotopic (exact) mass is 220 g/mol. The average Bonchev–Trinajstić information content (AvgIpc) is 2.25. The van der Waals surface area contributed by atoms with E-state index in [2.05, 4.69) is 46.5 Å². The van der Waals surface area contributed by atoms with Gasteiger partial charge in [0.1, 0.15) is 5.82 Å². The molecule has 0 bridgehead atoms. The molecule has 0 unspecified atom stereocenters. The van der Waals surface area contributed by atoms with Crippen molar-refractivity contribution in [3.8, 4) is 0 Å². The summed E-state index contributed by atoms with van der Waals surface area (Å²) in [6.45, 7) is 13.2. The highest BCUT2D eigenvalue weighted by atomic mass is 14.9. The van der Waals surface area contributed by atoms with E-state index in [0.717, 1.165) is 25.1 Å². The zero-order valence-corrected chi connectivity index (χ0v) is 11.5. The first-order chi connectivity index (χ1) is 7.43. The van der Waals surface area contributed by atoms with E-state index in [4.69, 9.17) is 4.98 Å². The van der Waals surface area contributed by atoms with Crippen molar-refractivity contribution in [1.29, 1.82) is 0 Å². The first kappa shape index (κ1) is 13.1. The quantitative estimate of drug-likeness (QED) is 0.779. The zero-order valence-electron chi connectivity index (χ0n) is 11.5. The van der Waals surface area contributed by atoms with Crippen LogP contribution in [0.15, 0.2) is 0 Å². The summed E-state index contributed by atoms with van der Waals surface area (Å²) < 4.78 is 0. The lowest BCUT2D eigenvalue weighted by molar-refractivity contribution is 0.550. The van der Waals surface area contributed by atoms with Crippen LogP contribution in [0.5, 0.6) is 0 Å². The van der Waals surface area contributed by atoms with Gasteiger partial charge in [0.25, 0.3) is 0 Å². The van der Waals surface area contributed by atoms with Gasteiger partial charge in [-0.2, -0.15) is 0 Å². The number of nitrogens with zero attached hydrogens (tertiary/aromatic N) is 2. The Labute approximate surface area is 99.5 Å². The summed E-state index contributed by atoms with van der Waals surface area (Å²) in [5.74, 6) is 0.985. The molecule has 0 aliphatic carbocycles. The van der Waals surface area contributed by atoms with Crippen molar-refractivity contribution in [3.05, 3.63) is 22.8 Å². The molecule has 0 atom stereocenters. The van der Waals surface area contributed by atoms with Gasteiger partial charge >= 0.3 is 0 Å². The smallest absolute Gasteiger partial charge is 0.128 e. The van der Waals surface area contributed by atoms with E-state index in [9.17, 15) is 0 Å². The fourth-order valence-electron chi connectivity index (χ4n) is 2.02. The van der Waals surface area contributed by atoms with Crippen LogP contribution in [0.3, 0.4) is 0 Å². The molecule has 0 spiro atoms. The van der Waals surface area contributed by atoms with E-state index >= 15 is 0 Å². The third-order valence-electron chi connectivity index (χ3n) is 2.85. The Bertz CT molecular complexity index is 362. The number of rotatable bonds is 3. The van der Waals surface area contributed by atoms with E-state index in [0.29, 0.717) is 0 Å². The molecule has 16 heavy (non-hydrogen) atoms. The van der Waals surface area contributed by atoms with Crippen molar-refractivity contribution in [2.45, 2.75) is 66.2 Å². The summed E-state index contributed by atoms with van der Waals surface area (Å²) in [7, 11) is 0. The second kappa shape index (κ2) is 4.94. The van der Waals surface area contributed by atoms with Crippen LogP contribution in [0.1, 0.15) is 64.3 Å². The Morgan fingerprint density at radius 2 is 1.50 bits per heavy atom. The highest BCUT2D eigenvalue weighted by molar-refractivity contribution is 5.31. The molecule has 0 fully saturated rings. The molecule has 1 heterocycles. The van der Waals surface area contributed by atoms with Crippen LogP contribution >= 0.6 is 0 Å². The lowest BCUT2D eigenvalue weighted by Gasteiger charge is -2.23. The minimum atomic E-state index is 0.113. The van der Waals surface area contributed by atoms with Crippen LogP contribution in [0.2, 0.25) is 0 Å². The van der Waals surface area contributed by atoms with Gasteiger partial charge in [0, 0.05) is 17.5 Å². The first-order valence-corrected chi connectivity index (χ1v) is 6.33. The van der Waals surface area contributed by atoms with Gasteiger partial charge in [-0.3, -0.25) is 0 Å². The van der Waals surface area contributed by atoms with Gasteiger partial charge < -0.3 is 0 Å². The molecule has 0 aromatic carbocycles. The lowest BCUT2D eigenvalue weighted by atomic mass is 9.86. The minimum Gasteiger partial charge on any atom is -0.238 e. The number of hydrogen-bond acceptors (Lipinski definition) is 2. The summed E-state index contributed by atoms with van der Waals surface area (Å²) in [4.78, 5) is 9.37. The first-order valence-electron chi connectivity index (χ1n) is 6.33. The second-order valence-corrected chi connectivity index (χ2v) is 5.22. The normalized spacial score (nSPS) is 11.9. The molecule has 1 rings (SSSR count). The molecule has 2 heteroatoms. The standard InChI is InChI=1S/C14H24N2/c1-7-10-11(8-2)15-12(9-3)16-13(10)14(4,5)6/h7-9H2,1-6H3. The molecule has 0 aliphatic heterocycles. The van der Waals surface area contributed by atoms with Gasteiger partial charge in [0.2, 0.25) is 0 Å². The number of aryl methyl sites for hydroxylation is 2. The Kier molecular flexibility index (Phi) is 4.06.